The summed E-state index contributed by atoms with van der Waals surface area (Å²) in [6, 6.07) is 3.85. The summed E-state index contributed by atoms with van der Waals surface area (Å²) in [5.74, 6) is 0.959. The molecule has 0 fully saturated rings. The first-order chi connectivity index (χ1) is 9.68. The average Bonchev–Trinajstić information content (AvgIpc) is 2.39. The lowest BCUT2D eigenvalue weighted by molar-refractivity contribution is 0.112. The van der Waals surface area contributed by atoms with Gasteiger partial charge in [0.1, 0.15) is 12.0 Å². The minimum Gasteiger partial charge on any atom is -0.543 e. The molecule has 1 aromatic rings. The molecule has 118 valence electrons. The molecule has 3 heteroatoms. The molecule has 0 spiro atoms. The van der Waals surface area contributed by atoms with E-state index in [2.05, 4.69) is 48.5 Å². The lowest BCUT2D eigenvalue weighted by atomic mass is 10.0. The lowest BCUT2D eigenvalue weighted by Crippen LogP contribution is -2.50. The Labute approximate surface area is 131 Å². The highest BCUT2D eigenvalue weighted by molar-refractivity contribution is 6.78. The molecule has 0 bridgehead atoms. The SMILES string of the molecule is Cc1c(C=O)ccc(O[Si](C(C)C)(C(C)C)C(C)C)c1C. The number of hydrogen-bond donors (Lipinski definition) is 0. The van der Waals surface area contributed by atoms with Gasteiger partial charge in [0.15, 0.2) is 0 Å². The van der Waals surface area contributed by atoms with Crippen molar-refractivity contribution in [2.45, 2.75) is 72.0 Å². The molecule has 0 N–H and O–H groups in total. The molecule has 0 atom stereocenters. The van der Waals surface area contributed by atoms with Crippen molar-refractivity contribution in [3.05, 3.63) is 28.8 Å². The Morgan fingerprint density at radius 1 is 0.905 bits per heavy atom. The van der Waals surface area contributed by atoms with Crippen molar-refractivity contribution in [3.63, 3.8) is 0 Å². The van der Waals surface area contributed by atoms with E-state index < -0.39 is 8.32 Å². The van der Waals surface area contributed by atoms with E-state index in [0.717, 1.165) is 28.7 Å². The van der Waals surface area contributed by atoms with E-state index in [1.807, 2.05) is 19.1 Å². The molecule has 0 aliphatic heterocycles. The summed E-state index contributed by atoms with van der Waals surface area (Å²) in [6.45, 7) is 17.8. The first kappa shape index (κ1) is 18.0. The van der Waals surface area contributed by atoms with Crippen molar-refractivity contribution in [3.8, 4) is 5.75 Å². The minimum atomic E-state index is -1.94. The van der Waals surface area contributed by atoms with Crippen molar-refractivity contribution < 1.29 is 9.22 Å². The van der Waals surface area contributed by atoms with Gasteiger partial charge in [-0.15, -0.1) is 0 Å². The fraction of sp³-hybridized carbons (Fsp3) is 0.611. The molecule has 0 heterocycles. The zero-order valence-electron chi connectivity index (χ0n) is 14.8. The summed E-state index contributed by atoms with van der Waals surface area (Å²) in [7, 11) is -1.94. The number of carbonyl (C=O) groups excluding carboxylic acids is 1. The highest BCUT2D eigenvalue weighted by Crippen LogP contribution is 2.43. The third kappa shape index (κ3) is 3.23. The largest absolute Gasteiger partial charge is 0.543 e. The van der Waals surface area contributed by atoms with E-state index in [1.165, 1.54) is 0 Å². The van der Waals surface area contributed by atoms with Crippen LogP contribution < -0.4 is 4.43 Å². The van der Waals surface area contributed by atoms with Crippen molar-refractivity contribution in [2.24, 2.45) is 0 Å². The maximum atomic E-state index is 11.1. The molecule has 0 aromatic heterocycles. The van der Waals surface area contributed by atoms with Gasteiger partial charge in [-0.05, 0) is 53.7 Å². The van der Waals surface area contributed by atoms with E-state index >= 15 is 0 Å². The van der Waals surface area contributed by atoms with Crippen LogP contribution in [0.25, 0.3) is 0 Å². The summed E-state index contributed by atoms with van der Waals surface area (Å²) in [5, 5.41) is 0. The summed E-state index contributed by atoms with van der Waals surface area (Å²) >= 11 is 0. The van der Waals surface area contributed by atoms with Crippen molar-refractivity contribution >= 4 is 14.6 Å². The average molecular weight is 307 g/mol. The highest BCUT2D eigenvalue weighted by Gasteiger charge is 2.47. The molecular formula is C18H30O2Si. The van der Waals surface area contributed by atoms with Gasteiger partial charge in [0.05, 0.1) is 0 Å². The molecule has 1 aromatic carbocycles. The molecule has 0 aliphatic rings. The molecule has 0 amide bonds. The minimum absolute atomic E-state index is 0.544. The fourth-order valence-corrected chi connectivity index (χ4v) is 8.91. The zero-order valence-corrected chi connectivity index (χ0v) is 15.8. The summed E-state index contributed by atoms with van der Waals surface area (Å²) in [4.78, 5) is 11.1. The van der Waals surface area contributed by atoms with Gasteiger partial charge in [-0.3, -0.25) is 4.79 Å². The van der Waals surface area contributed by atoms with E-state index in [1.54, 1.807) is 0 Å². The lowest BCUT2D eigenvalue weighted by Gasteiger charge is -2.42. The van der Waals surface area contributed by atoms with Crippen LogP contribution in [0, 0.1) is 13.8 Å². The molecule has 21 heavy (non-hydrogen) atoms. The summed E-state index contributed by atoms with van der Waals surface area (Å²) in [6.07, 6.45) is 0.921. The first-order valence-electron chi connectivity index (χ1n) is 7.92. The number of hydrogen-bond acceptors (Lipinski definition) is 2. The van der Waals surface area contributed by atoms with Gasteiger partial charge in [0.25, 0.3) is 8.32 Å². The highest BCUT2D eigenvalue weighted by atomic mass is 28.4. The predicted molar refractivity (Wildman–Crippen MR) is 93.0 cm³/mol. The monoisotopic (exact) mass is 306 g/mol. The topological polar surface area (TPSA) is 26.3 Å². The van der Waals surface area contributed by atoms with Gasteiger partial charge in [-0.1, -0.05) is 41.5 Å². The predicted octanol–water partition coefficient (Wildman–Crippen LogP) is 5.67. The van der Waals surface area contributed by atoms with Crippen LogP contribution in [0.4, 0.5) is 0 Å². The molecule has 1 rings (SSSR count). The molecule has 0 radical (unpaired) electrons. The Morgan fingerprint density at radius 3 is 1.76 bits per heavy atom. The maximum absolute atomic E-state index is 11.1. The molecule has 0 saturated heterocycles. The Morgan fingerprint density at radius 2 is 1.38 bits per heavy atom. The van der Waals surface area contributed by atoms with Crippen LogP contribution in [-0.4, -0.2) is 14.6 Å². The number of benzene rings is 1. The van der Waals surface area contributed by atoms with Crippen LogP contribution in [0.2, 0.25) is 16.6 Å². The van der Waals surface area contributed by atoms with Crippen LogP contribution in [0.5, 0.6) is 5.75 Å². The van der Waals surface area contributed by atoms with Crippen LogP contribution >= 0.6 is 0 Å². The van der Waals surface area contributed by atoms with Crippen LogP contribution in [0.1, 0.15) is 63.0 Å². The maximum Gasteiger partial charge on any atom is 0.258 e. The first-order valence-corrected chi connectivity index (χ1v) is 10.1. The second-order valence-electron chi connectivity index (χ2n) is 6.94. The molecular weight excluding hydrogens is 276 g/mol. The van der Waals surface area contributed by atoms with Crippen molar-refractivity contribution in [1.29, 1.82) is 0 Å². The molecule has 0 aliphatic carbocycles. The van der Waals surface area contributed by atoms with E-state index in [9.17, 15) is 4.79 Å². The molecule has 0 unspecified atom stereocenters. The van der Waals surface area contributed by atoms with Gasteiger partial charge in [0, 0.05) is 5.56 Å². The van der Waals surface area contributed by atoms with Gasteiger partial charge in [0.2, 0.25) is 0 Å². The van der Waals surface area contributed by atoms with Gasteiger partial charge < -0.3 is 4.43 Å². The Hall–Kier alpha value is -1.09. The normalized spacial score (nSPS) is 12.3. The van der Waals surface area contributed by atoms with E-state index in [4.69, 9.17) is 4.43 Å². The standard InChI is InChI=1S/C18H30O2Si/c1-12(2)21(13(3)4,14(5)6)20-18-10-9-17(11-19)15(7)16(18)8/h9-14H,1-8H3. The fourth-order valence-electron chi connectivity index (χ4n) is 3.60. The Bertz CT molecular complexity index is 482. The van der Waals surface area contributed by atoms with E-state index in [-0.39, 0.29) is 0 Å². The quantitative estimate of drug-likeness (QED) is 0.500. The second-order valence-corrected chi connectivity index (χ2v) is 12.3. The zero-order chi connectivity index (χ0) is 16.4. The number of aldehydes is 1. The van der Waals surface area contributed by atoms with Crippen molar-refractivity contribution in [1.82, 2.24) is 0 Å². The number of rotatable bonds is 6. The van der Waals surface area contributed by atoms with Gasteiger partial charge in [-0.25, -0.2) is 0 Å². The third-order valence-electron chi connectivity index (χ3n) is 4.90. The van der Waals surface area contributed by atoms with Crippen LogP contribution in [0.3, 0.4) is 0 Å². The smallest absolute Gasteiger partial charge is 0.258 e. The van der Waals surface area contributed by atoms with Crippen LogP contribution in [0.15, 0.2) is 12.1 Å². The summed E-state index contributed by atoms with van der Waals surface area (Å²) in [5.41, 5.74) is 4.51. The van der Waals surface area contributed by atoms with Crippen LogP contribution in [-0.2, 0) is 0 Å². The molecule has 2 nitrogen and oxygen atoms in total. The van der Waals surface area contributed by atoms with Gasteiger partial charge in [-0.2, -0.15) is 0 Å². The Balaban J connectivity index is 3.34. The Kier molecular flexibility index (Phi) is 5.80. The third-order valence-corrected chi connectivity index (χ3v) is 10.9. The second kappa shape index (κ2) is 6.78. The summed E-state index contributed by atoms with van der Waals surface area (Å²) < 4.78 is 6.72. The van der Waals surface area contributed by atoms with E-state index in [0.29, 0.717) is 16.6 Å². The number of carbonyl (C=O) groups is 1. The van der Waals surface area contributed by atoms with Crippen molar-refractivity contribution in [2.75, 3.05) is 0 Å². The van der Waals surface area contributed by atoms with Gasteiger partial charge >= 0.3 is 0 Å². The molecule has 0 saturated carbocycles.